The minimum absolute atomic E-state index is 0.178. The zero-order valence-electron chi connectivity index (χ0n) is 27.2. The Bertz CT molecular complexity index is 1430. The van der Waals surface area contributed by atoms with Crippen molar-refractivity contribution in [3.63, 3.8) is 0 Å². The normalized spacial score (nSPS) is 22.6. The fourth-order valence-corrected chi connectivity index (χ4v) is 6.59. The van der Waals surface area contributed by atoms with Gasteiger partial charge in [-0.25, -0.2) is 4.79 Å². The summed E-state index contributed by atoms with van der Waals surface area (Å²) in [7, 11) is 0. The molecule has 4 heterocycles. The molecule has 0 spiro atoms. The summed E-state index contributed by atoms with van der Waals surface area (Å²) in [5.41, 5.74) is 3.49. The molecular formula is C34H47N9O2. The van der Waals surface area contributed by atoms with E-state index in [9.17, 15) is 4.79 Å². The van der Waals surface area contributed by atoms with Crippen LogP contribution in [0.15, 0.2) is 48.5 Å². The van der Waals surface area contributed by atoms with Crippen LogP contribution in [-0.4, -0.2) is 96.0 Å². The van der Waals surface area contributed by atoms with Gasteiger partial charge in [0.15, 0.2) is 5.82 Å². The molecule has 0 aliphatic carbocycles. The Morgan fingerprint density at radius 3 is 1.98 bits per heavy atom. The monoisotopic (exact) mass is 613 g/mol. The molecule has 240 valence electrons. The second kappa shape index (κ2) is 13.6. The Hall–Kier alpha value is -3.96. The summed E-state index contributed by atoms with van der Waals surface area (Å²) in [6.07, 6.45) is 2.24. The van der Waals surface area contributed by atoms with Crippen molar-refractivity contribution in [3.8, 4) is 11.4 Å². The maximum absolute atomic E-state index is 12.8. The molecule has 3 saturated heterocycles. The van der Waals surface area contributed by atoms with E-state index in [1.165, 1.54) is 5.69 Å². The Balaban J connectivity index is 1.12. The first-order valence-electron chi connectivity index (χ1n) is 16.4. The van der Waals surface area contributed by atoms with Gasteiger partial charge < -0.3 is 30.1 Å². The molecule has 0 bridgehead atoms. The number of hydrogen-bond acceptors (Lipinski definition) is 9. The summed E-state index contributed by atoms with van der Waals surface area (Å²) in [6, 6.07) is 16.9. The van der Waals surface area contributed by atoms with E-state index in [2.05, 4.69) is 77.0 Å². The van der Waals surface area contributed by atoms with E-state index in [1.54, 1.807) is 0 Å². The Morgan fingerprint density at radius 2 is 1.38 bits per heavy atom. The average Bonchev–Trinajstić information content (AvgIpc) is 3.39. The number of anilines is 5. The SMILES string of the molecule is CC(C)N1CCN(c2ccc(NC(=O)Nc3ccc(-c4nc(N5CCOCC5C)nc(N5C(C)CCC5C)n4)cc3)cc2)CC1. The second-order valence-corrected chi connectivity index (χ2v) is 12.9. The number of piperazine rings is 1. The van der Waals surface area contributed by atoms with E-state index in [0.717, 1.165) is 62.8 Å². The molecular weight excluding hydrogens is 566 g/mol. The quantitative estimate of drug-likeness (QED) is 0.367. The van der Waals surface area contributed by atoms with Crippen molar-refractivity contribution in [3.05, 3.63) is 48.5 Å². The molecule has 0 radical (unpaired) electrons. The van der Waals surface area contributed by atoms with Gasteiger partial charge in [0.1, 0.15) is 0 Å². The third-order valence-electron chi connectivity index (χ3n) is 9.36. The number of rotatable bonds is 7. The van der Waals surface area contributed by atoms with Crippen LogP contribution in [0.2, 0.25) is 0 Å². The van der Waals surface area contributed by atoms with Crippen molar-refractivity contribution in [1.82, 2.24) is 19.9 Å². The highest BCUT2D eigenvalue weighted by Gasteiger charge is 2.32. The number of carbonyl (C=O) groups is 1. The second-order valence-electron chi connectivity index (χ2n) is 12.9. The molecule has 3 aromatic rings. The lowest BCUT2D eigenvalue weighted by atomic mass is 10.2. The third kappa shape index (κ3) is 7.15. The number of carbonyl (C=O) groups excluding carboxylic acids is 1. The molecule has 2 aromatic carbocycles. The molecule has 11 nitrogen and oxygen atoms in total. The minimum Gasteiger partial charge on any atom is -0.377 e. The van der Waals surface area contributed by atoms with E-state index in [4.69, 9.17) is 19.7 Å². The van der Waals surface area contributed by atoms with Gasteiger partial charge >= 0.3 is 6.03 Å². The van der Waals surface area contributed by atoms with E-state index < -0.39 is 0 Å². The highest BCUT2D eigenvalue weighted by Crippen LogP contribution is 2.31. The molecule has 6 rings (SSSR count). The van der Waals surface area contributed by atoms with Crippen LogP contribution in [0.4, 0.5) is 33.8 Å². The number of nitrogens with zero attached hydrogens (tertiary/aromatic N) is 7. The molecule has 45 heavy (non-hydrogen) atoms. The van der Waals surface area contributed by atoms with Gasteiger partial charge in [-0.3, -0.25) is 4.90 Å². The van der Waals surface area contributed by atoms with Gasteiger partial charge in [0.25, 0.3) is 0 Å². The first-order valence-corrected chi connectivity index (χ1v) is 16.4. The number of ether oxygens (including phenoxy) is 1. The highest BCUT2D eigenvalue weighted by molar-refractivity contribution is 5.99. The molecule has 3 aliphatic heterocycles. The molecule has 3 fully saturated rings. The minimum atomic E-state index is -0.288. The van der Waals surface area contributed by atoms with E-state index >= 15 is 0 Å². The van der Waals surface area contributed by atoms with Gasteiger partial charge in [-0.1, -0.05) is 0 Å². The largest absolute Gasteiger partial charge is 0.377 e. The van der Waals surface area contributed by atoms with Crippen LogP contribution in [-0.2, 0) is 4.74 Å². The molecule has 3 atom stereocenters. The average molecular weight is 614 g/mol. The van der Waals surface area contributed by atoms with Crippen LogP contribution >= 0.6 is 0 Å². The Morgan fingerprint density at radius 1 is 0.778 bits per heavy atom. The van der Waals surface area contributed by atoms with Crippen LogP contribution in [0.3, 0.4) is 0 Å². The van der Waals surface area contributed by atoms with Crippen molar-refractivity contribution < 1.29 is 9.53 Å². The molecule has 3 aliphatic rings. The molecule has 1 aromatic heterocycles. The van der Waals surface area contributed by atoms with Gasteiger partial charge in [0.05, 0.1) is 19.3 Å². The van der Waals surface area contributed by atoms with Crippen LogP contribution in [0.5, 0.6) is 0 Å². The van der Waals surface area contributed by atoms with E-state index in [-0.39, 0.29) is 12.1 Å². The predicted octanol–water partition coefficient (Wildman–Crippen LogP) is 5.32. The molecule has 11 heteroatoms. The molecule has 3 unspecified atom stereocenters. The highest BCUT2D eigenvalue weighted by atomic mass is 16.5. The summed E-state index contributed by atoms with van der Waals surface area (Å²) in [6.45, 7) is 17.3. The van der Waals surface area contributed by atoms with Crippen LogP contribution in [0, 0.1) is 0 Å². The number of hydrogen-bond donors (Lipinski definition) is 2. The predicted molar refractivity (Wildman–Crippen MR) is 182 cm³/mol. The van der Waals surface area contributed by atoms with Crippen molar-refractivity contribution in [1.29, 1.82) is 0 Å². The van der Waals surface area contributed by atoms with Crippen molar-refractivity contribution in [2.45, 2.75) is 71.6 Å². The Kier molecular flexibility index (Phi) is 9.37. The number of nitrogens with one attached hydrogen (secondary N) is 2. The fraction of sp³-hybridized carbons (Fsp3) is 0.529. The van der Waals surface area contributed by atoms with Gasteiger partial charge in [-0.05, 0) is 96.0 Å². The lowest BCUT2D eigenvalue weighted by Crippen LogP contribution is -2.48. The maximum atomic E-state index is 12.8. The number of morpholine rings is 1. The topological polar surface area (TPSA) is 102 Å². The summed E-state index contributed by atoms with van der Waals surface area (Å²) in [5, 5.41) is 5.90. The van der Waals surface area contributed by atoms with E-state index in [0.29, 0.717) is 48.8 Å². The van der Waals surface area contributed by atoms with Crippen molar-refractivity contribution >= 4 is 35.0 Å². The Labute approximate surface area is 267 Å². The zero-order chi connectivity index (χ0) is 31.5. The van der Waals surface area contributed by atoms with Gasteiger partial charge in [0, 0.05) is 73.5 Å². The number of benzene rings is 2. The first kappa shape index (κ1) is 31.0. The molecule has 2 N–H and O–H groups in total. The van der Waals surface area contributed by atoms with Crippen molar-refractivity contribution in [2.75, 3.05) is 71.3 Å². The van der Waals surface area contributed by atoms with Gasteiger partial charge in [-0.15, -0.1) is 0 Å². The number of amides is 2. The maximum Gasteiger partial charge on any atom is 0.323 e. The fourth-order valence-electron chi connectivity index (χ4n) is 6.59. The van der Waals surface area contributed by atoms with Crippen LogP contribution in [0.25, 0.3) is 11.4 Å². The lowest BCUT2D eigenvalue weighted by Gasteiger charge is -2.38. The lowest BCUT2D eigenvalue weighted by molar-refractivity contribution is 0.0981. The van der Waals surface area contributed by atoms with Crippen molar-refractivity contribution in [2.24, 2.45) is 0 Å². The summed E-state index contributed by atoms with van der Waals surface area (Å²) in [4.78, 5) is 37.1. The first-order chi connectivity index (χ1) is 21.7. The molecule has 2 amide bonds. The van der Waals surface area contributed by atoms with E-state index in [1.807, 2.05) is 36.4 Å². The van der Waals surface area contributed by atoms with Crippen LogP contribution < -0.4 is 25.3 Å². The van der Waals surface area contributed by atoms with Gasteiger partial charge in [0.2, 0.25) is 11.9 Å². The number of urea groups is 1. The molecule has 0 saturated carbocycles. The number of aromatic nitrogens is 3. The van der Waals surface area contributed by atoms with Gasteiger partial charge in [-0.2, -0.15) is 15.0 Å². The zero-order valence-corrected chi connectivity index (χ0v) is 27.2. The third-order valence-corrected chi connectivity index (χ3v) is 9.36. The van der Waals surface area contributed by atoms with Crippen LogP contribution in [0.1, 0.15) is 47.5 Å². The summed E-state index contributed by atoms with van der Waals surface area (Å²) in [5.74, 6) is 2.03. The smallest absolute Gasteiger partial charge is 0.323 e. The standard InChI is InChI=1S/C34H47N9O2/c1-23(2)40-16-18-41(19-17-40)30-14-12-29(13-15-30)36-34(44)35-28-10-8-27(9-11-28)31-37-32(42-20-21-45-22-26(42)5)39-33(38-31)43-24(3)6-7-25(43)4/h8-15,23-26H,6-7,16-22H2,1-5H3,(H2,35,36,44). The summed E-state index contributed by atoms with van der Waals surface area (Å²) >= 11 is 0. The summed E-state index contributed by atoms with van der Waals surface area (Å²) < 4.78 is 5.67.